The lowest BCUT2D eigenvalue weighted by Gasteiger charge is -2.18. The summed E-state index contributed by atoms with van der Waals surface area (Å²) >= 11 is 0. The number of imidazole rings is 1. The zero-order valence-corrected chi connectivity index (χ0v) is 15.2. The van der Waals surface area contributed by atoms with E-state index < -0.39 is 18.2 Å². The normalized spacial score (nSPS) is 23.7. The van der Waals surface area contributed by atoms with Crippen LogP contribution < -0.4 is 5.32 Å². The summed E-state index contributed by atoms with van der Waals surface area (Å²) in [7, 11) is 0. The zero-order valence-electron chi connectivity index (χ0n) is 15.2. The number of nitrogens with zero attached hydrogens (tertiary/aromatic N) is 7. The third-order valence-electron chi connectivity index (χ3n) is 5.13. The Kier molecular flexibility index (Phi) is 5.09. The number of benzene rings is 1. The van der Waals surface area contributed by atoms with E-state index in [2.05, 4.69) is 30.3 Å². The maximum absolute atomic E-state index is 12.4. The van der Waals surface area contributed by atoms with Gasteiger partial charge in [-0.15, -0.1) is 0 Å². The molecule has 11 nitrogen and oxygen atoms in total. The first-order valence-electron chi connectivity index (χ1n) is 9.01. The van der Waals surface area contributed by atoms with Crippen molar-refractivity contribution < 1.29 is 15.0 Å². The van der Waals surface area contributed by atoms with E-state index in [9.17, 15) is 15.0 Å². The smallest absolute Gasteiger partial charge is 0.256 e. The number of azide groups is 1. The summed E-state index contributed by atoms with van der Waals surface area (Å²) in [6, 6.07) is 8.22. The molecule has 0 unspecified atom stereocenters. The van der Waals surface area contributed by atoms with Gasteiger partial charge < -0.3 is 20.1 Å². The number of hydrogen-bond acceptors (Lipinski definition) is 7. The van der Waals surface area contributed by atoms with Crippen LogP contribution in [0.1, 0.15) is 22.8 Å². The minimum atomic E-state index is -1.07. The largest absolute Gasteiger partial charge is 0.390 e. The van der Waals surface area contributed by atoms with Crippen LogP contribution in [-0.2, 0) is 0 Å². The molecule has 0 radical (unpaired) electrons. The molecule has 2 heterocycles. The van der Waals surface area contributed by atoms with E-state index in [1.807, 2.05) is 6.07 Å². The Labute approximate surface area is 164 Å². The van der Waals surface area contributed by atoms with Gasteiger partial charge in [-0.25, -0.2) is 15.0 Å². The van der Waals surface area contributed by atoms with E-state index >= 15 is 0 Å². The summed E-state index contributed by atoms with van der Waals surface area (Å²) in [5, 5.41) is 27.0. The van der Waals surface area contributed by atoms with Crippen molar-refractivity contribution in [1.29, 1.82) is 0 Å². The number of carbonyl (C=O) groups is 1. The van der Waals surface area contributed by atoms with Crippen molar-refractivity contribution >= 4 is 22.9 Å². The quantitative estimate of drug-likeness (QED) is 0.339. The lowest BCUT2D eigenvalue weighted by atomic mass is 10.1. The van der Waals surface area contributed by atoms with Crippen LogP contribution in [-0.4, -0.2) is 54.4 Å². The molecule has 0 bridgehead atoms. The number of hydrogen-bond donors (Lipinski definition) is 3. The van der Waals surface area contributed by atoms with Crippen molar-refractivity contribution in [3.05, 3.63) is 59.0 Å². The maximum Gasteiger partial charge on any atom is 0.256 e. The van der Waals surface area contributed by atoms with Crippen LogP contribution in [0, 0.1) is 5.92 Å². The Bertz CT molecular complexity index is 1080. The molecule has 0 aliphatic heterocycles. The summed E-state index contributed by atoms with van der Waals surface area (Å²) in [5.41, 5.74) is 9.78. The van der Waals surface area contributed by atoms with Crippen molar-refractivity contribution in [2.75, 3.05) is 11.9 Å². The number of carbonyl (C=O) groups excluding carboxylic acids is 1. The molecule has 3 N–H and O–H groups in total. The van der Waals surface area contributed by atoms with Gasteiger partial charge in [-0.2, -0.15) is 0 Å². The second-order valence-electron chi connectivity index (χ2n) is 6.82. The number of fused-ring (bicyclic) bond motifs is 1. The highest BCUT2D eigenvalue weighted by molar-refractivity contribution is 6.06. The fourth-order valence-corrected chi connectivity index (χ4v) is 3.65. The van der Waals surface area contributed by atoms with Gasteiger partial charge in [0.15, 0.2) is 17.0 Å². The number of aliphatic hydroxyl groups excluding tert-OH is 2. The van der Waals surface area contributed by atoms with Crippen LogP contribution in [0.4, 0.5) is 5.82 Å². The van der Waals surface area contributed by atoms with Crippen LogP contribution in [0.5, 0.6) is 0 Å². The SMILES string of the molecule is [N-]=[N+]=NC[C@H]1C[C@@H](n2cnc3c(NC(=O)c4ccccc4)ncnc32)[C@H](O)[C@@H]1O. The molecule has 1 saturated carbocycles. The molecule has 4 atom stereocenters. The van der Waals surface area contributed by atoms with Crippen molar-refractivity contribution in [3.63, 3.8) is 0 Å². The van der Waals surface area contributed by atoms with E-state index in [1.165, 1.54) is 12.7 Å². The van der Waals surface area contributed by atoms with Gasteiger partial charge in [0.2, 0.25) is 0 Å². The molecule has 0 saturated heterocycles. The Morgan fingerprint density at radius 1 is 1.24 bits per heavy atom. The molecule has 29 heavy (non-hydrogen) atoms. The molecule has 1 aliphatic rings. The molecule has 2 aromatic heterocycles. The van der Waals surface area contributed by atoms with Crippen LogP contribution in [0.3, 0.4) is 0 Å². The summed E-state index contributed by atoms with van der Waals surface area (Å²) in [5.74, 6) is -0.449. The molecule has 1 aromatic carbocycles. The van der Waals surface area contributed by atoms with Gasteiger partial charge in [0.1, 0.15) is 12.4 Å². The van der Waals surface area contributed by atoms with Crippen molar-refractivity contribution in [2.45, 2.75) is 24.7 Å². The first-order valence-corrected chi connectivity index (χ1v) is 9.01. The van der Waals surface area contributed by atoms with E-state index in [-0.39, 0.29) is 24.2 Å². The van der Waals surface area contributed by atoms with Crippen LogP contribution in [0.2, 0.25) is 0 Å². The molecule has 148 valence electrons. The van der Waals surface area contributed by atoms with E-state index in [0.29, 0.717) is 23.1 Å². The predicted octanol–water partition coefficient (Wildman–Crippen LogP) is 1.67. The van der Waals surface area contributed by atoms with Crippen LogP contribution >= 0.6 is 0 Å². The van der Waals surface area contributed by atoms with Crippen molar-refractivity contribution in [3.8, 4) is 0 Å². The van der Waals surface area contributed by atoms with Gasteiger partial charge in [-0.05, 0) is 30.0 Å². The second kappa shape index (κ2) is 7.84. The zero-order chi connectivity index (χ0) is 20.4. The Morgan fingerprint density at radius 3 is 2.79 bits per heavy atom. The maximum atomic E-state index is 12.4. The molecular weight excluding hydrogens is 376 g/mol. The number of aromatic nitrogens is 4. The number of nitrogens with one attached hydrogen (secondary N) is 1. The Balaban J connectivity index is 1.62. The predicted molar refractivity (Wildman–Crippen MR) is 103 cm³/mol. The molecule has 4 rings (SSSR count). The first kappa shape index (κ1) is 18.8. The van der Waals surface area contributed by atoms with E-state index in [1.54, 1.807) is 28.8 Å². The van der Waals surface area contributed by atoms with Crippen LogP contribution in [0.15, 0.2) is 48.1 Å². The van der Waals surface area contributed by atoms with Gasteiger partial charge >= 0.3 is 0 Å². The Hall–Kier alpha value is -3.53. The topological polar surface area (TPSA) is 162 Å². The molecule has 0 spiro atoms. The lowest BCUT2D eigenvalue weighted by Crippen LogP contribution is -2.30. The van der Waals surface area contributed by atoms with Crippen molar-refractivity contribution in [1.82, 2.24) is 19.5 Å². The fourth-order valence-electron chi connectivity index (χ4n) is 3.65. The lowest BCUT2D eigenvalue weighted by molar-refractivity contribution is 0.00816. The van der Waals surface area contributed by atoms with Crippen molar-refractivity contribution in [2.24, 2.45) is 11.0 Å². The molecule has 1 amide bonds. The third kappa shape index (κ3) is 3.49. The standard InChI is InChI=1S/C18H18N8O3/c19-25-23-7-11-6-12(15(28)14(11)27)26-9-22-13-16(20-8-21-17(13)26)24-18(29)10-4-2-1-3-5-10/h1-5,8-9,11-12,14-15,27-28H,6-7H2,(H,20,21,24,29)/t11-,12-,14-,15+/m1/s1. The highest BCUT2D eigenvalue weighted by Crippen LogP contribution is 2.37. The number of rotatable bonds is 5. The Morgan fingerprint density at radius 2 is 2.03 bits per heavy atom. The highest BCUT2D eigenvalue weighted by atomic mass is 16.3. The molecule has 1 fully saturated rings. The van der Waals surface area contributed by atoms with Gasteiger partial charge in [-0.3, -0.25) is 4.79 Å². The summed E-state index contributed by atoms with van der Waals surface area (Å²) in [4.78, 5) is 27.8. The minimum absolute atomic E-state index is 0.0885. The first-order chi connectivity index (χ1) is 14.1. The van der Waals surface area contributed by atoms with Crippen LogP contribution in [0.25, 0.3) is 21.6 Å². The number of amides is 1. The van der Waals surface area contributed by atoms with Gasteiger partial charge in [0.25, 0.3) is 5.91 Å². The van der Waals surface area contributed by atoms with Gasteiger partial charge in [0.05, 0.1) is 18.5 Å². The molecular formula is C18H18N8O3. The van der Waals surface area contributed by atoms with Gasteiger partial charge in [0, 0.05) is 17.0 Å². The monoisotopic (exact) mass is 394 g/mol. The number of anilines is 1. The fraction of sp³-hybridized carbons (Fsp3) is 0.333. The minimum Gasteiger partial charge on any atom is -0.390 e. The van der Waals surface area contributed by atoms with E-state index in [4.69, 9.17) is 5.53 Å². The molecule has 11 heteroatoms. The summed E-state index contributed by atoms with van der Waals surface area (Å²) in [6.45, 7) is 0.0885. The van der Waals surface area contributed by atoms with Gasteiger partial charge in [-0.1, -0.05) is 23.3 Å². The molecule has 3 aromatic rings. The second-order valence-corrected chi connectivity index (χ2v) is 6.82. The third-order valence-corrected chi connectivity index (χ3v) is 5.13. The summed E-state index contributed by atoms with van der Waals surface area (Å²) in [6.07, 6.45) is 1.10. The molecule has 1 aliphatic carbocycles. The van der Waals surface area contributed by atoms with E-state index in [0.717, 1.165) is 0 Å². The average molecular weight is 394 g/mol. The average Bonchev–Trinajstić information content (AvgIpc) is 3.29. The summed E-state index contributed by atoms with van der Waals surface area (Å²) < 4.78 is 1.65. The number of aliphatic hydroxyl groups is 2. The highest BCUT2D eigenvalue weighted by Gasteiger charge is 2.42.